The van der Waals surface area contributed by atoms with Gasteiger partial charge in [-0.25, -0.2) is 0 Å². The van der Waals surface area contributed by atoms with Crippen LogP contribution in [0.4, 0.5) is 0 Å². The largest absolute Gasteiger partial charge is 0.494 e. The van der Waals surface area contributed by atoms with E-state index in [4.69, 9.17) is 10.5 Å². The average Bonchev–Trinajstić information content (AvgIpc) is 2.43. The summed E-state index contributed by atoms with van der Waals surface area (Å²) in [5.41, 5.74) is 8.88. The van der Waals surface area contributed by atoms with E-state index >= 15 is 0 Å². The number of hydrogen-bond acceptors (Lipinski definition) is 2. The van der Waals surface area contributed by atoms with Crippen LogP contribution >= 0.6 is 0 Å². The van der Waals surface area contributed by atoms with Crippen molar-refractivity contribution >= 4 is 0 Å². The summed E-state index contributed by atoms with van der Waals surface area (Å²) in [4.78, 5) is 0. The van der Waals surface area contributed by atoms with Crippen molar-refractivity contribution in [2.75, 3.05) is 6.61 Å². The van der Waals surface area contributed by atoms with Gasteiger partial charge in [-0.1, -0.05) is 38.7 Å². The molecule has 1 aliphatic carbocycles. The lowest BCUT2D eigenvalue weighted by atomic mass is 9.88. The van der Waals surface area contributed by atoms with Crippen LogP contribution in [-0.4, -0.2) is 6.61 Å². The van der Waals surface area contributed by atoms with Gasteiger partial charge in [0.1, 0.15) is 5.75 Å². The van der Waals surface area contributed by atoms with Crippen molar-refractivity contribution in [3.05, 3.63) is 29.3 Å². The van der Waals surface area contributed by atoms with Gasteiger partial charge in [-0.3, -0.25) is 0 Å². The molecule has 19 heavy (non-hydrogen) atoms. The molecule has 1 aromatic rings. The molecule has 2 N–H and O–H groups in total. The van der Waals surface area contributed by atoms with Gasteiger partial charge in [0, 0.05) is 6.04 Å². The fraction of sp³-hybridized carbons (Fsp3) is 0.647. The summed E-state index contributed by atoms with van der Waals surface area (Å²) in [6, 6.07) is 6.66. The third kappa shape index (κ3) is 4.24. The summed E-state index contributed by atoms with van der Waals surface area (Å²) < 4.78 is 5.85. The van der Waals surface area contributed by atoms with E-state index in [1.54, 1.807) is 0 Å². The van der Waals surface area contributed by atoms with Crippen molar-refractivity contribution < 1.29 is 4.74 Å². The number of ether oxygens (including phenoxy) is 1. The predicted molar refractivity (Wildman–Crippen MR) is 80.6 cm³/mol. The van der Waals surface area contributed by atoms with E-state index in [2.05, 4.69) is 25.1 Å². The van der Waals surface area contributed by atoms with Gasteiger partial charge in [0.2, 0.25) is 0 Å². The number of nitrogens with two attached hydrogens (primary N) is 1. The van der Waals surface area contributed by atoms with Crippen LogP contribution in [-0.2, 0) is 6.42 Å². The first-order valence-electron chi connectivity index (χ1n) is 7.82. The SMILES string of the molecule is CCCCCCCOc1ccc2c(c1)[C@H](N)CCC2. The maximum absolute atomic E-state index is 6.17. The fourth-order valence-electron chi connectivity index (χ4n) is 2.80. The van der Waals surface area contributed by atoms with Gasteiger partial charge in [-0.05, 0) is 48.9 Å². The Bertz CT molecular complexity index is 389. The van der Waals surface area contributed by atoms with Gasteiger partial charge < -0.3 is 10.5 Å². The molecule has 1 atom stereocenters. The molecule has 0 bridgehead atoms. The molecule has 0 aliphatic heterocycles. The first kappa shape index (κ1) is 14.4. The first-order chi connectivity index (χ1) is 9.31. The Labute approximate surface area is 117 Å². The molecule has 1 aliphatic rings. The average molecular weight is 261 g/mol. The standard InChI is InChI=1S/C17H27NO/c1-2-3-4-5-6-12-19-15-11-10-14-8-7-9-17(18)16(14)13-15/h10-11,13,17H,2-9,12,18H2,1H3/t17-/m1/s1. The highest BCUT2D eigenvalue weighted by molar-refractivity contribution is 5.39. The minimum Gasteiger partial charge on any atom is -0.494 e. The summed E-state index contributed by atoms with van der Waals surface area (Å²) in [5, 5.41) is 0. The third-order valence-electron chi connectivity index (χ3n) is 3.99. The number of benzene rings is 1. The molecule has 1 aromatic carbocycles. The van der Waals surface area contributed by atoms with Crippen LogP contribution in [0.2, 0.25) is 0 Å². The highest BCUT2D eigenvalue weighted by Crippen LogP contribution is 2.30. The lowest BCUT2D eigenvalue weighted by Crippen LogP contribution is -2.17. The van der Waals surface area contributed by atoms with Gasteiger partial charge in [0.25, 0.3) is 0 Å². The van der Waals surface area contributed by atoms with Crippen LogP contribution in [0.5, 0.6) is 5.75 Å². The second kappa shape index (κ2) is 7.54. The van der Waals surface area contributed by atoms with Crippen molar-refractivity contribution in [3.8, 4) is 5.75 Å². The molecule has 0 amide bonds. The van der Waals surface area contributed by atoms with E-state index in [-0.39, 0.29) is 6.04 Å². The van der Waals surface area contributed by atoms with Crippen molar-refractivity contribution in [1.82, 2.24) is 0 Å². The first-order valence-corrected chi connectivity index (χ1v) is 7.82. The van der Waals surface area contributed by atoms with Crippen LogP contribution < -0.4 is 10.5 Å². The Morgan fingerprint density at radius 2 is 2.05 bits per heavy atom. The number of rotatable bonds is 7. The second-order valence-electron chi connectivity index (χ2n) is 5.62. The van der Waals surface area contributed by atoms with Crippen LogP contribution in [0.15, 0.2) is 18.2 Å². The number of hydrogen-bond donors (Lipinski definition) is 1. The predicted octanol–water partition coefficient (Wildman–Crippen LogP) is 4.37. The lowest BCUT2D eigenvalue weighted by Gasteiger charge is -2.22. The highest BCUT2D eigenvalue weighted by atomic mass is 16.5. The molecule has 0 aromatic heterocycles. The van der Waals surface area contributed by atoms with Crippen molar-refractivity contribution in [3.63, 3.8) is 0 Å². The summed E-state index contributed by atoms with van der Waals surface area (Å²) in [5.74, 6) is 0.992. The molecule has 2 nitrogen and oxygen atoms in total. The second-order valence-corrected chi connectivity index (χ2v) is 5.62. The van der Waals surface area contributed by atoms with Gasteiger partial charge in [-0.15, -0.1) is 0 Å². The van der Waals surface area contributed by atoms with E-state index in [0.29, 0.717) is 0 Å². The Morgan fingerprint density at radius 1 is 1.21 bits per heavy atom. The number of unbranched alkanes of at least 4 members (excludes halogenated alkanes) is 4. The molecule has 0 radical (unpaired) electrons. The minimum atomic E-state index is 0.205. The van der Waals surface area contributed by atoms with Gasteiger partial charge in [-0.2, -0.15) is 0 Å². The smallest absolute Gasteiger partial charge is 0.119 e. The van der Waals surface area contributed by atoms with E-state index in [0.717, 1.165) is 25.2 Å². The van der Waals surface area contributed by atoms with Gasteiger partial charge in [0.15, 0.2) is 0 Å². The summed E-state index contributed by atoms with van der Waals surface area (Å²) in [6.07, 6.45) is 9.88. The maximum atomic E-state index is 6.17. The number of fused-ring (bicyclic) bond motifs is 1. The third-order valence-corrected chi connectivity index (χ3v) is 3.99. The molecule has 0 saturated carbocycles. The Hall–Kier alpha value is -1.02. The minimum absolute atomic E-state index is 0.205. The molecule has 106 valence electrons. The fourth-order valence-corrected chi connectivity index (χ4v) is 2.80. The zero-order valence-electron chi connectivity index (χ0n) is 12.2. The zero-order chi connectivity index (χ0) is 13.5. The molecule has 0 spiro atoms. The molecular formula is C17H27NO. The van der Waals surface area contributed by atoms with Crippen molar-refractivity contribution in [2.45, 2.75) is 64.3 Å². The summed E-state index contributed by atoms with van der Waals surface area (Å²) in [7, 11) is 0. The van der Waals surface area contributed by atoms with E-state index in [1.807, 2.05) is 0 Å². The molecular weight excluding hydrogens is 234 g/mol. The molecule has 0 unspecified atom stereocenters. The number of aryl methyl sites for hydroxylation is 1. The molecule has 2 rings (SSSR count). The Balaban J connectivity index is 1.79. The molecule has 0 saturated heterocycles. The monoisotopic (exact) mass is 261 g/mol. The van der Waals surface area contributed by atoms with Crippen LogP contribution in [0.25, 0.3) is 0 Å². The Kier molecular flexibility index (Phi) is 5.71. The van der Waals surface area contributed by atoms with Crippen LogP contribution in [0.1, 0.15) is 69.0 Å². The van der Waals surface area contributed by atoms with E-state index in [9.17, 15) is 0 Å². The zero-order valence-corrected chi connectivity index (χ0v) is 12.2. The van der Waals surface area contributed by atoms with Crippen LogP contribution in [0.3, 0.4) is 0 Å². The normalized spacial score (nSPS) is 18.1. The van der Waals surface area contributed by atoms with Crippen molar-refractivity contribution in [2.24, 2.45) is 5.73 Å². The molecule has 2 heteroatoms. The lowest BCUT2D eigenvalue weighted by molar-refractivity contribution is 0.303. The maximum Gasteiger partial charge on any atom is 0.119 e. The topological polar surface area (TPSA) is 35.2 Å². The summed E-state index contributed by atoms with van der Waals surface area (Å²) in [6.45, 7) is 3.07. The quantitative estimate of drug-likeness (QED) is 0.740. The Morgan fingerprint density at radius 3 is 2.89 bits per heavy atom. The highest BCUT2D eigenvalue weighted by Gasteiger charge is 2.17. The molecule has 0 heterocycles. The molecule has 0 fully saturated rings. The summed E-state index contributed by atoms with van der Waals surface area (Å²) >= 11 is 0. The van der Waals surface area contributed by atoms with Crippen molar-refractivity contribution in [1.29, 1.82) is 0 Å². The van der Waals surface area contributed by atoms with E-state index in [1.165, 1.54) is 49.7 Å². The van der Waals surface area contributed by atoms with Crippen LogP contribution in [0, 0.1) is 0 Å². The van der Waals surface area contributed by atoms with E-state index < -0.39 is 0 Å². The van der Waals surface area contributed by atoms with Gasteiger partial charge in [0.05, 0.1) is 6.61 Å². The van der Waals surface area contributed by atoms with Gasteiger partial charge >= 0.3 is 0 Å².